The second-order valence-electron chi connectivity index (χ2n) is 4.57. The highest BCUT2D eigenvalue weighted by molar-refractivity contribution is 5.96. The zero-order valence-corrected chi connectivity index (χ0v) is 11.2. The van der Waals surface area contributed by atoms with Crippen molar-refractivity contribution in [3.05, 3.63) is 17.0 Å². The van der Waals surface area contributed by atoms with Crippen molar-refractivity contribution in [1.82, 2.24) is 15.1 Å². The third kappa shape index (κ3) is 2.13. The molecule has 0 radical (unpaired) electrons. The first kappa shape index (κ1) is 13.0. The van der Waals surface area contributed by atoms with E-state index in [1.54, 1.807) is 19.1 Å². The Balaban J connectivity index is 2.17. The van der Waals surface area contributed by atoms with E-state index in [4.69, 9.17) is 9.47 Å². The van der Waals surface area contributed by atoms with E-state index in [2.05, 4.69) is 10.2 Å². The van der Waals surface area contributed by atoms with E-state index < -0.39 is 0 Å². The summed E-state index contributed by atoms with van der Waals surface area (Å²) in [5.74, 6) is -0.0136. The number of rotatable bonds is 3. The highest BCUT2D eigenvalue weighted by Gasteiger charge is 2.36. The Labute approximate surface area is 106 Å². The summed E-state index contributed by atoms with van der Waals surface area (Å²) in [6, 6.07) is 0. The Hall–Kier alpha value is -1.40. The van der Waals surface area contributed by atoms with Crippen LogP contribution in [0.5, 0.6) is 0 Å². The Kier molecular flexibility index (Phi) is 3.68. The van der Waals surface area contributed by atoms with Gasteiger partial charge in [0.2, 0.25) is 0 Å². The minimum atomic E-state index is -0.0635. The average molecular weight is 253 g/mol. The molecule has 0 aliphatic carbocycles. The third-order valence-corrected chi connectivity index (χ3v) is 3.45. The molecule has 0 aromatic carbocycles. The van der Waals surface area contributed by atoms with Crippen LogP contribution in [0.3, 0.4) is 0 Å². The van der Waals surface area contributed by atoms with Gasteiger partial charge < -0.3 is 14.4 Å². The van der Waals surface area contributed by atoms with Gasteiger partial charge in [0.15, 0.2) is 0 Å². The molecule has 2 rings (SSSR count). The van der Waals surface area contributed by atoms with Gasteiger partial charge in [0.05, 0.1) is 11.3 Å². The summed E-state index contributed by atoms with van der Waals surface area (Å²) in [5.41, 5.74) is 2.18. The summed E-state index contributed by atoms with van der Waals surface area (Å²) < 4.78 is 10.7. The van der Waals surface area contributed by atoms with Crippen LogP contribution < -0.4 is 0 Å². The van der Waals surface area contributed by atoms with Gasteiger partial charge >= 0.3 is 0 Å². The van der Waals surface area contributed by atoms with Gasteiger partial charge in [0.25, 0.3) is 5.91 Å². The molecule has 1 amide bonds. The topological polar surface area (TPSA) is 67.5 Å². The number of nitrogens with zero attached hydrogens (tertiary/aromatic N) is 2. The average Bonchev–Trinajstić information content (AvgIpc) is 2.92. The molecular formula is C12H19N3O3. The van der Waals surface area contributed by atoms with Gasteiger partial charge in [0.1, 0.15) is 12.2 Å². The minimum absolute atomic E-state index is 0.0136. The van der Waals surface area contributed by atoms with Crippen LogP contribution >= 0.6 is 0 Å². The van der Waals surface area contributed by atoms with Crippen LogP contribution in [-0.2, 0) is 9.47 Å². The number of aromatic nitrogens is 2. The molecule has 0 bridgehead atoms. The van der Waals surface area contributed by atoms with Crippen LogP contribution in [0.25, 0.3) is 0 Å². The largest absolute Gasteiger partial charge is 0.377 e. The van der Waals surface area contributed by atoms with Crippen LogP contribution in [0.4, 0.5) is 0 Å². The number of aromatic amines is 1. The third-order valence-electron chi connectivity index (χ3n) is 3.45. The molecule has 2 heterocycles. The molecule has 1 saturated heterocycles. The van der Waals surface area contributed by atoms with Crippen molar-refractivity contribution in [2.24, 2.45) is 0 Å². The molecule has 18 heavy (non-hydrogen) atoms. The number of aryl methyl sites for hydroxylation is 2. The monoisotopic (exact) mass is 253 g/mol. The number of likely N-dealkylation sites (tertiary alicyclic amines) is 1. The van der Waals surface area contributed by atoms with Gasteiger partial charge in [-0.25, -0.2) is 0 Å². The Bertz CT molecular complexity index is 412. The number of H-pyrrole nitrogens is 1. The van der Waals surface area contributed by atoms with Gasteiger partial charge in [-0.1, -0.05) is 0 Å². The van der Waals surface area contributed by atoms with Gasteiger partial charge in [-0.15, -0.1) is 0 Å². The molecule has 1 N–H and O–H groups in total. The standard InChI is InChI=1S/C12H19N3O3/c1-7-11(8(2)14-13-7)12(16)15-5-9(17-3)10(6-15)18-4/h9-10H,5-6H2,1-4H3,(H,13,14). The Morgan fingerprint density at radius 1 is 1.28 bits per heavy atom. The SMILES string of the molecule is COC1CN(C(=O)c2c(C)n[nH]c2C)CC1OC. The predicted octanol–water partition coefficient (Wildman–Crippen LogP) is 0.512. The van der Waals surface area contributed by atoms with Crippen molar-refractivity contribution in [1.29, 1.82) is 0 Å². The van der Waals surface area contributed by atoms with E-state index >= 15 is 0 Å². The van der Waals surface area contributed by atoms with Crippen molar-refractivity contribution in [3.63, 3.8) is 0 Å². The summed E-state index contributed by atoms with van der Waals surface area (Å²) >= 11 is 0. The normalized spacial score (nSPS) is 23.7. The van der Waals surface area contributed by atoms with E-state index in [0.29, 0.717) is 18.7 Å². The van der Waals surface area contributed by atoms with Crippen LogP contribution in [0.1, 0.15) is 21.7 Å². The molecule has 0 saturated carbocycles. The number of nitrogens with one attached hydrogen (secondary N) is 1. The van der Waals surface area contributed by atoms with Crippen molar-refractivity contribution < 1.29 is 14.3 Å². The fourth-order valence-electron chi connectivity index (χ4n) is 2.39. The number of hydrogen-bond acceptors (Lipinski definition) is 4. The molecule has 2 unspecified atom stereocenters. The lowest BCUT2D eigenvalue weighted by Gasteiger charge is -2.15. The first-order chi connectivity index (χ1) is 8.58. The van der Waals surface area contributed by atoms with E-state index in [1.165, 1.54) is 0 Å². The number of amides is 1. The second-order valence-corrected chi connectivity index (χ2v) is 4.57. The fraction of sp³-hybridized carbons (Fsp3) is 0.667. The Morgan fingerprint density at radius 2 is 1.83 bits per heavy atom. The lowest BCUT2D eigenvalue weighted by atomic mass is 10.2. The molecule has 1 fully saturated rings. The first-order valence-corrected chi connectivity index (χ1v) is 5.95. The summed E-state index contributed by atoms with van der Waals surface area (Å²) in [5, 5.41) is 6.88. The van der Waals surface area contributed by atoms with Gasteiger partial charge in [-0.2, -0.15) is 5.10 Å². The molecule has 6 heteroatoms. The second kappa shape index (κ2) is 5.07. The van der Waals surface area contributed by atoms with E-state index in [0.717, 1.165) is 11.4 Å². The van der Waals surface area contributed by atoms with Crippen molar-refractivity contribution in [3.8, 4) is 0 Å². The highest BCUT2D eigenvalue weighted by atomic mass is 16.5. The van der Waals surface area contributed by atoms with Gasteiger partial charge in [-0.3, -0.25) is 9.89 Å². The van der Waals surface area contributed by atoms with Crippen LogP contribution in [-0.4, -0.2) is 60.5 Å². The van der Waals surface area contributed by atoms with Crippen LogP contribution in [0, 0.1) is 13.8 Å². The number of hydrogen-bond donors (Lipinski definition) is 1. The molecule has 1 aliphatic rings. The lowest BCUT2D eigenvalue weighted by molar-refractivity contribution is -0.00461. The van der Waals surface area contributed by atoms with E-state index in [9.17, 15) is 4.79 Å². The highest BCUT2D eigenvalue weighted by Crippen LogP contribution is 2.20. The van der Waals surface area contributed by atoms with Crippen molar-refractivity contribution in [2.45, 2.75) is 26.1 Å². The van der Waals surface area contributed by atoms with Crippen LogP contribution in [0.2, 0.25) is 0 Å². The molecule has 1 aliphatic heterocycles. The molecule has 0 spiro atoms. The smallest absolute Gasteiger partial charge is 0.257 e. The summed E-state index contributed by atoms with van der Waals surface area (Å²) in [7, 11) is 3.28. The predicted molar refractivity (Wildman–Crippen MR) is 65.6 cm³/mol. The fourth-order valence-corrected chi connectivity index (χ4v) is 2.39. The van der Waals surface area contributed by atoms with E-state index in [1.807, 2.05) is 13.8 Å². The number of carbonyl (C=O) groups excluding carboxylic acids is 1. The zero-order valence-electron chi connectivity index (χ0n) is 11.2. The number of carbonyl (C=O) groups is 1. The number of ether oxygens (including phenoxy) is 2. The molecule has 100 valence electrons. The molecule has 1 aromatic heterocycles. The zero-order chi connectivity index (χ0) is 13.3. The quantitative estimate of drug-likeness (QED) is 0.852. The Morgan fingerprint density at radius 3 is 2.22 bits per heavy atom. The minimum Gasteiger partial charge on any atom is -0.377 e. The van der Waals surface area contributed by atoms with Gasteiger partial charge in [-0.05, 0) is 13.8 Å². The summed E-state index contributed by atoms with van der Waals surface area (Å²) in [6.45, 7) is 4.79. The summed E-state index contributed by atoms with van der Waals surface area (Å²) in [4.78, 5) is 14.2. The van der Waals surface area contributed by atoms with Crippen molar-refractivity contribution >= 4 is 5.91 Å². The lowest BCUT2D eigenvalue weighted by Crippen LogP contribution is -2.30. The van der Waals surface area contributed by atoms with Gasteiger partial charge in [0, 0.05) is 33.0 Å². The molecule has 1 aromatic rings. The maximum atomic E-state index is 12.4. The number of methoxy groups -OCH3 is 2. The maximum absolute atomic E-state index is 12.4. The molecular weight excluding hydrogens is 234 g/mol. The first-order valence-electron chi connectivity index (χ1n) is 5.95. The molecule has 6 nitrogen and oxygen atoms in total. The van der Waals surface area contributed by atoms with Crippen molar-refractivity contribution in [2.75, 3.05) is 27.3 Å². The molecule has 2 atom stereocenters. The maximum Gasteiger partial charge on any atom is 0.257 e. The summed E-state index contributed by atoms with van der Waals surface area (Å²) in [6.07, 6.45) is -0.127. The van der Waals surface area contributed by atoms with E-state index in [-0.39, 0.29) is 18.1 Å². The van der Waals surface area contributed by atoms with Crippen LogP contribution in [0.15, 0.2) is 0 Å².